The van der Waals surface area contributed by atoms with Gasteiger partial charge in [-0.2, -0.15) is 0 Å². The molecule has 0 radical (unpaired) electrons. The summed E-state index contributed by atoms with van der Waals surface area (Å²) in [6, 6.07) is 81.5. The lowest BCUT2D eigenvalue weighted by atomic mass is 9.93. The Labute approximate surface area is 390 Å². The number of amidine groups is 1. The number of aliphatic imine (C=N–C) groups is 1. The Bertz CT molecular complexity index is 3340. The number of nitrogens with one attached hydrogen (secondary N) is 5. The summed E-state index contributed by atoms with van der Waals surface area (Å²) in [6.45, 7) is 0. The fraction of sp³-hybridized carbons (Fsp3) is 0.0833. The van der Waals surface area contributed by atoms with Gasteiger partial charge in [0.2, 0.25) is 0 Å². The first-order valence-corrected chi connectivity index (χ1v) is 23.0. The first-order valence-electron chi connectivity index (χ1n) is 23.0. The number of hydrogen-bond acceptors (Lipinski definition) is 7. The van der Waals surface area contributed by atoms with Crippen molar-refractivity contribution in [1.29, 1.82) is 0 Å². The molecule has 0 aliphatic carbocycles. The molecule has 10 aromatic rings. The summed E-state index contributed by atoms with van der Waals surface area (Å²) in [6.07, 6.45) is -1.12. The molecule has 2 aliphatic rings. The zero-order valence-electron chi connectivity index (χ0n) is 36.7. The van der Waals surface area contributed by atoms with E-state index in [1.807, 2.05) is 12.1 Å². The van der Waals surface area contributed by atoms with Gasteiger partial charge in [-0.3, -0.25) is 21.3 Å². The number of fused-ring (bicyclic) bond motifs is 3. The van der Waals surface area contributed by atoms with Crippen LogP contribution in [0.3, 0.4) is 0 Å². The molecule has 1 fully saturated rings. The third-order valence-corrected chi connectivity index (χ3v) is 13.1. The van der Waals surface area contributed by atoms with Gasteiger partial charge in [-0.1, -0.05) is 200 Å². The lowest BCUT2D eigenvalue weighted by Crippen LogP contribution is -2.54. The largest absolute Gasteiger partial charge is 0.456 e. The van der Waals surface area contributed by atoms with Gasteiger partial charge >= 0.3 is 0 Å². The van der Waals surface area contributed by atoms with E-state index in [-0.39, 0.29) is 30.8 Å². The van der Waals surface area contributed by atoms with E-state index in [2.05, 4.69) is 245 Å². The molecule has 0 bridgehead atoms. The molecule has 2 aliphatic heterocycles. The lowest BCUT2D eigenvalue weighted by molar-refractivity contribution is 0.203. The van der Waals surface area contributed by atoms with E-state index in [0.29, 0.717) is 0 Å². The molecular formula is C60H48N6O. The number of furan rings is 1. The maximum absolute atomic E-state index is 6.46. The van der Waals surface area contributed by atoms with Gasteiger partial charge in [0, 0.05) is 16.3 Å². The molecule has 3 heterocycles. The minimum Gasteiger partial charge on any atom is -0.456 e. The van der Waals surface area contributed by atoms with Crippen LogP contribution in [0.25, 0.3) is 55.3 Å². The molecule has 5 atom stereocenters. The van der Waals surface area contributed by atoms with Crippen LogP contribution < -0.4 is 26.6 Å². The zero-order chi connectivity index (χ0) is 44.5. The average molecular weight is 869 g/mol. The van der Waals surface area contributed by atoms with E-state index >= 15 is 0 Å². The second-order valence-corrected chi connectivity index (χ2v) is 17.3. The van der Waals surface area contributed by atoms with Crippen LogP contribution >= 0.6 is 0 Å². The van der Waals surface area contributed by atoms with Gasteiger partial charge in [-0.25, -0.2) is 4.99 Å². The standard InChI is InChI=1S/C60H48N6O/c1-5-16-39(17-6-1)41-28-32-45(33-29-41)57-61-55(43-20-9-3-10-21-43)63-59(65-57)48-36-47(50-25-15-27-53-54(50)51-24-13-14-26-52(51)67-53)37-49(38-48)60-64-56(44-22-11-4-12-23-44)62-58(66-60)46-34-30-42(31-35-46)40-18-7-2-8-19-40/h1-38,55-59,61-63,65H,(H,64,66). The molecule has 5 N–H and O–H groups in total. The van der Waals surface area contributed by atoms with Crippen molar-refractivity contribution in [2.75, 3.05) is 0 Å². The molecule has 5 unspecified atom stereocenters. The van der Waals surface area contributed by atoms with E-state index in [4.69, 9.17) is 9.41 Å². The van der Waals surface area contributed by atoms with Crippen molar-refractivity contribution < 1.29 is 4.42 Å². The summed E-state index contributed by atoms with van der Waals surface area (Å²) < 4.78 is 6.46. The second kappa shape index (κ2) is 17.8. The molecule has 7 heteroatoms. The van der Waals surface area contributed by atoms with Crippen molar-refractivity contribution in [3.05, 3.63) is 264 Å². The van der Waals surface area contributed by atoms with E-state index in [0.717, 1.165) is 72.3 Å². The molecule has 7 nitrogen and oxygen atoms in total. The third kappa shape index (κ3) is 8.22. The van der Waals surface area contributed by atoms with Crippen LogP contribution in [0.2, 0.25) is 0 Å². The Balaban J connectivity index is 0.996. The number of para-hydroxylation sites is 1. The van der Waals surface area contributed by atoms with Crippen molar-refractivity contribution in [1.82, 2.24) is 26.6 Å². The number of hydrogen-bond donors (Lipinski definition) is 5. The topological polar surface area (TPSA) is 85.7 Å². The highest BCUT2D eigenvalue weighted by atomic mass is 16.3. The van der Waals surface area contributed by atoms with Gasteiger partial charge in [0.1, 0.15) is 29.3 Å². The van der Waals surface area contributed by atoms with Crippen LogP contribution in [0, 0.1) is 0 Å². The molecule has 324 valence electrons. The zero-order valence-corrected chi connectivity index (χ0v) is 36.7. The van der Waals surface area contributed by atoms with Gasteiger partial charge in [0.05, 0.1) is 18.5 Å². The number of benzene rings is 9. The van der Waals surface area contributed by atoms with Crippen molar-refractivity contribution in [2.24, 2.45) is 4.99 Å². The minimum absolute atomic E-state index is 0.153. The van der Waals surface area contributed by atoms with Crippen molar-refractivity contribution in [3.8, 4) is 33.4 Å². The summed E-state index contributed by atoms with van der Waals surface area (Å²) in [5.41, 5.74) is 15.2. The maximum Gasteiger partial charge on any atom is 0.136 e. The molecular weight excluding hydrogens is 821 g/mol. The fourth-order valence-corrected chi connectivity index (χ4v) is 9.67. The predicted molar refractivity (Wildman–Crippen MR) is 272 cm³/mol. The van der Waals surface area contributed by atoms with Crippen LogP contribution in [0.4, 0.5) is 0 Å². The molecule has 0 amide bonds. The summed E-state index contributed by atoms with van der Waals surface area (Å²) in [7, 11) is 0. The van der Waals surface area contributed by atoms with Gasteiger partial charge in [0.15, 0.2) is 0 Å². The molecule has 12 rings (SSSR count). The second-order valence-electron chi connectivity index (χ2n) is 17.3. The van der Waals surface area contributed by atoms with Crippen molar-refractivity contribution in [3.63, 3.8) is 0 Å². The van der Waals surface area contributed by atoms with Crippen LogP contribution in [0.5, 0.6) is 0 Å². The lowest BCUT2D eigenvalue weighted by Gasteiger charge is -2.40. The van der Waals surface area contributed by atoms with E-state index in [9.17, 15) is 0 Å². The van der Waals surface area contributed by atoms with Gasteiger partial charge < -0.3 is 9.73 Å². The van der Waals surface area contributed by atoms with Crippen LogP contribution in [-0.2, 0) is 0 Å². The highest BCUT2D eigenvalue weighted by Gasteiger charge is 2.32. The van der Waals surface area contributed by atoms with Gasteiger partial charge in [-0.05, 0) is 91.5 Å². The van der Waals surface area contributed by atoms with Crippen LogP contribution in [-0.4, -0.2) is 5.84 Å². The summed E-state index contributed by atoms with van der Waals surface area (Å²) in [5.74, 6) is 0.804. The molecule has 0 spiro atoms. The molecule has 0 saturated carbocycles. The first kappa shape index (κ1) is 40.6. The van der Waals surface area contributed by atoms with E-state index < -0.39 is 0 Å². The summed E-state index contributed by atoms with van der Waals surface area (Å²) in [5, 5.41) is 21.7. The predicted octanol–water partition coefficient (Wildman–Crippen LogP) is 13.1. The van der Waals surface area contributed by atoms with Crippen molar-refractivity contribution in [2.45, 2.75) is 30.8 Å². The molecule has 1 aromatic heterocycles. The fourth-order valence-electron chi connectivity index (χ4n) is 9.67. The minimum atomic E-state index is -0.319. The molecule has 9 aromatic carbocycles. The number of nitrogens with zero attached hydrogens (tertiary/aromatic N) is 1. The van der Waals surface area contributed by atoms with E-state index in [1.165, 1.54) is 22.3 Å². The Morgan fingerprint density at radius 1 is 0.328 bits per heavy atom. The number of rotatable bonds is 9. The normalized spacial score (nSPS) is 19.5. The van der Waals surface area contributed by atoms with Crippen LogP contribution in [0.15, 0.2) is 240 Å². The van der Waals surface area contributed by atoms with Gasteiger partial charge in [-0.15, -0.1) is 0 Å². The highest BCUT2D eigenvalue weighted by Crippen LogP contribution is 2.39. The Hall–Kier alpha value is -7.91. The monoisotopic (exact) mass is 868 g/mol. The third-order valence-electron chi connectivity index (χ3n) is 13.1. The highest BCUT2D eigenvalue weighted by molar-refractivity contribution is 6.13. The first-order chi connectivity index (χ1) is 33.2. The SMILES string of the molecule is c1ccc(-c2ccc(C3N=C(c4cc(-c5cccc6oc7ccccc7c56)cc(C5NC(c6ccccc6)NC(c6ccc(-c7ccccc7)cc6)N5)c4)NC(c4ccccc4)N3)cc2)cc1. The Kier molecular flexibility index (Phi) is 10.8. The maximum atomic E-state index is 6.46. The molecule has 67 heavy (non-hydrogen) atoms. The van der Waals surface area contributed by atoms with E-state index in [1.54, 1.807) is 0 Å². The average Bonchev–Trinajstić information content (AvgIpc) is 3.81. The Morgan fingerprint density at radius 2 is 0.806 bits per heavy atom. The molecule has 1 saturated heterocycles. The van der Waals surface area contributed by atoms with Gasteiger partial charge in [0.25, 0.3) is 0 Å². The van der Waals surface area contributed by atoms with Crippen LogP contribution in [0.1, 0.15) is 64.2 Å². The Morgan fingerprint density at radius 3 is 1.43 bits per heavy atom. The smallest absolute Gasteiger partial charge is 0.136 e. The summed E-state index contributed by atoms with van der Waals surface area (Å²) >= 11 is 0. The quantitative estimate of drug-likeness (QED) is 0.0994. The summed E-state index contributed by atoms with van der Waals surface area (Å²) in [4.78, 5) is 5.50. The van der Waals surface area contributed by atoms with Crippen molar-refractivity contribution >= 4 is 27.8 Å².